The number of nitrogens with zero attached hydrogens (tertiary/aromatic N) is 4. The van der Waals surface area contributed by atoms with E-state index in [1.807, 2.05) is 0 Å². The summed E-state index contributed by atoms with van der Waals surface area (Å²) in [5, 5.41) is 13.5. The summed E-state index contributed by atoms with van der Waals surface area (Å²) in [4.78, 5) is 25.7. The van der Waals surface area contributed by atoms with Crippen LogP contribution in [0.5, 0.6) is 5.75 Å². The summed E-state index contributed by atoms with van der Waals surface area (Å²) >= 11 is 3.20. The molecule has 31 heavy (non-hydrogen) atoms. The van der Waals surface area contributed by atoms with Gasteiger partial charge in [-0.05, 0) is 32.0 Å². The average molecular weight is 497 g/mol. The number of hydrogen-bond acceptors (Lipinski definition) is 5. The second-order valence-electron chi connectivity index (χ2n) is 6.42. The van der Waals surface area contributed by atoms with Crippen LogP contribution in [0.2, 0.25) is 0 Å². The van der Waals surface area contributed by atoms with Gasteiger partial charge in [0.1, 0.15) is 11.4 Å². The molecule has 0 aliphatic heterocycles. The van der Waals surface area contributed by atoms with E-state index in [2.05, 4.69) is 41.5 Å². The van der Waals surface area contributed by atoms with Gasteiger partial charge in [-0.25, -0.2) is 0 Å². The Bertz CT molecular complexity index is 1130. The standard InChI is InChI=1S/C19H19BrF2N6O3/c1-4-28-16(18(30)25-13-8-23-27(3)10(13)2)14(9-24-28)26-17(29)12-7-11(20)5-6-15(12)31-19(21)22/h5-9,19H,4H2,1-3H3,(H,25,30)(H,26,29). The maximum absolute atomic E-state index is 12.9. The first kappa shape index (κ1) is 22.4. The minimum atomic E-state index is -3.10. The Morgan fingerprint density at radius 1 is 1.16 bits per heavy atom. The van der Waals surface area contributed by atoms with Crippen molar-refractivity contribution < 1.29 is 23.1 Å². The zero-order valence-electron chi connectivity index (χ0n) is 16.8. The van der Waals surface area contributed by atoms with Crippen LogP contribution in [0.3, 0.4) is 0 Å². The second-order valence-corrected chi connectivity index (χ2v) is 7.33. The molecule has 0 aliphatic rings. The Hall–Kier alpha value is -3.28. The summed E-state index contributed by atoms with van der Waals surface area (Å²) in [6.07, 6.45) is 2.83. The van der Waals surface area contributed by atoms with Gasteiger partial charge < -0.3 is 15.4 Å². The van der Waals surface area contributed by atoms with Gasteiger partial charge in [-0.2, -0.15) is 19.0 Å². The van der Waals surface area contributed by atoms with Crippen LogP contribution in [0.1, 0.15) is 33.5 Å². The van der Waals surface area contributed by atoms with Crippen molar-refractivity contribution in [3.63, 3.8) is 0 Å². The fraction of sp³-hybridized carbons (Fsp3) is 0.263. The molecule has 0 aliphatic carbocycles. The highest BCUT2D eigenvalue weighted by Gasteiger charge is 2.23. The van der Waals surface area contributed by atoms with Gasteiger partial charge in [0.2, 0.25) is 0 Å². The number of ether oxygens (including phenoxy) is 1. The molecule has 2 heterocycles. The van der Waals surface area contributed by atoms with Crippen molar-refractivity contribution in [2.75, 3.05) is 10.6 Å². The molecule has 0 saturated heterocycles. The predicted molar refractivity (Wildman–Crippen MR) is 113 cm³/mol. The molecule has 0 bridgehead atoms. The smallest absolute Gasteiger partial charge is 0.387 e. The fourth-order valence-corrected chi connectivity index (χ4v) is 3.19. The summed E-state index contributed by atoms with van der Waals surface area (Å²) in [5.41, 5.74) is 1.34. The molecule has 3 rings (SSSR count). The number of carbonyl (C=O) groups is 2. The number of nitrogens with one attached hydrogen (secondary N) is 2. The average Bonchev–Trinajstić information content (AvgIpc) is 3.26. The lowest BCUT2D eigenvalue weighted by Gasteiger charge is -2.12. The first-order valence-electron chi connectivity index (χ1n) is 9.12. The van der Waals surface area contributed by atoms with E-state index < -0.39 is 18.4 Å². The van der Waals surface area contributed by atoms with Crippen LogP contribution in [-0.4, -0.2) is 38.0 Å². The monoisotopic (exact) mass is 496 g/mol. The van der Waals surface area contributed by atoms with Crippen molar-refractivity contribution in [1.82, 2.24) is 19.6 Å². The third-order valence-electron chi connectivity index (χ3n) is 4.49. The normalized spacial score (nSPS) is 10.9. The minimum absolute atomic E-state index is 0.102. The Morgan fingerprint density at radius 3 is 2.45 bits per heavy atom. The van der Waals surface area contributed by atoms with Gasteiger partial charge >= 0.3 is 6.61 Å². The highest BCUT2D eigenvalue weighted by atomic mass is 79.9. The van der Waals surface area contributed by atoms with Gasteiger partial charge in [-0.1, -0.05) is 15.9 Å². The Morgan fingerprint density at radius 2 is 1.84 bits per heavy atom. The number of halogens is 3. The molecule has 2 amide bonds. The van der Waals surface area contributed by atoms with Gasteiger partial charge in [0, 0.05) is 18.1 Å². The van der Waals surface area contributed by atoms with Gasteiger partial charge in [0.15, 0.2) is 0 Å². The van der Waals surface area contributed by atoms with E-state index in [0.717, 1.165) is 5.69 Å². The van der Waals surface area contributed by atoms with Crippen LogP contribution in [0, 0.1) is 6.92 Å². The Balaban J connectivity index is 1.90. The van der Waals surface area contributed by atoms with E-state index in [1.54, 1.807) is 25.6 Å². The Kier molecular flexibility index (Phi) is 6.68. The number of anilines is 2. The van der Waals surface area contributed by atoms with E-state index in [9.17, 15) is 18.4 Å². The van der Waals surface area contributed by atoms with Gasteiger partial charge in [0.25, 0.3) is 11.8 Å². The van der Waals surface area contributed by atoms with Crippen LogP contribution >= 0.6 is 15.9 Å². The number of carbonyl (C=O) groups excluding carboxylic acids is 2. The molecule has 3 aromatic rings. The third-order valence-corrected chi connectivity index (χ3v) is 4.98. The molecule has 2 N–H and O–H groups in total. The first-order valence-corrected chi connectivity index (χ1v) is 9.92. The van der Waals surface area contributed by atoms with Crippen molar-refractivity contribution in [3.05, 3.63) is 52.0 Å². The van der Waals surface area contributed by atoms with Crippen LogP contribution in [0.25, 0.3) is 0 Å². The third kappa shape index (κ3) is 4.90. The largest absolute Gasteiger partial charge is 0.434 e. The molecule has 0 unspecified atom stereocenters. The molecule has 9 nitrogen and oxygen atoms in total. The zero-order chi connectivity index (χ0) is 22.7. The fourth-order valence-electron chi connectivity index (χ4n) is 2.83. The number of alkyl halides is 2. The summed E-state index contributed by atoms with van der Waals surface area (Å²) < 4.78 is 33.4. The number of hydrogen-bond donors (Lipinski definition) is 2. The van der Waals surface area contributed by atoms with Crippen molar-refractivity contribution in [2.24, 2.45) is 7.05 Å². The summed E-state index contributed by atoms with van der Waals surface area (Å²) in [5.74, 6) is -1.54. The van der Waals surface area contributed by atoms with E-state index in [-0.39, 0.29) is 22.7 Å². The van der Waals surface area contributed by atoms with Crippen molar-refractivity contribution >= 4 is 39.1 Å². The molecule has 12 heteroatoms. The molecule has 1 aromatic carbocycles. The molecular formula is C19H19BrF2N6O3. The highest BCUT2D eigenvalue weighted by Crippen LogP contribution is 2.27. The van der Waals surface area contributed by atoms with Crippen LogP contribution in [-0.2, 0) is 13.6 Å². The number of amides is 2. The first-order chi connectivity index (χ1) is 14.7. The Labute approximate surface area is 184 Å². The maximum Gasteiger partial charge on any atom is 0.387 e. The van der Waals surface area contributed by atoms with Crippen LogP contribution in [0.15, 0.2) is 35.1 Å². The van der Waals surface area contributed by atoms with Crippen LogP contribution in [0.4, 0.5) is 20.2 Å². The number of benzene rings is 1. The van der Waals surface area contributed by atoms with Gasteiger partial charge in [-0.15, -0.1) is 0 Å². The summed E-state index contributed by atoms with van der Waals surface area (Å²) in [7, 11) is 1.74. The SMILES string of the molecule is CCn1ncc(NC(=O)c2cc(Br)ccc2OC(F)F)c1C(=O)Nc1cnn(C)c1C. The highest BCUT2D eigenvalue weighted by molar-refractivity contribution is 9.10. The van der Waals surface area contributed by atoms with Crippen molar-refractivity contribution in [3.8, 4) is 5.75 Å². The molecular weight excluding hydrogens is 478 g/mol. The number of aromatic nitrogens is 4. The van der Waals surface area contributed by atoms with Gasteiger partial charge in [0.05, 0.1) is 35.0 Å². The quantitative estimate of drug-likeness (QED) is 0.517. The van der Waals surface area contributed by atoms with E-state index in [0.29, 0.717) is 16.7 Å². The molecule has 0 spiro atoms. The van der Waals surface area contributed by atoms with Crippen molar-refractivity contribution in [1.29, 1.82) is 0 Å². The molecule has 0 saturated carbocycles. The molecule has 0 fully saturated rings. The second kappa shape index (κ2) is 9.25. The molecule has 2 aromatic heterocycles. The van der Waals surface area contributed by atoms with Gasteiger partial charge in [-0.3, -0.25) is 19.0 Å². The lowest BCUT2D eigenvalue weighted by molar-refractivity contribution is -0.0501. The maximum atomic E-state index is 12.9. The lowest BCUT2D eigenvalue weighted by Crippen LogP contribution is -2.21. The molecule has 0 radical (unpaired) electrons. The predicted octanol–water partition coefficient (Wildman–Crippen LogP) is 3.81. The van der Waals surface area contributed by atoms with Crippen molar-refractivity contribution in [2.45, 2.75) is 27.0 Å². The number of aryl methyl sites for hydroxylation is 2. The number of rotatable bonds is 7. The lowest BCUT2D eigenvalue weighted by atomic mass is 10.2. The topological polar surface area (TPSA) is 103 Å². The molecule has 164 valence electrons. The van der Waals surface area contributed by atoms with E-state index in [4.69, 9.17) is 0 Å². The minimum Gasteiger partial charge on any atom is -0.434 e. The summed E-state index contributed by atoms with van der Waals surface area (Å²) in [6.45, 7) is 0.842. The summed E-state index contributed by atoms with van der Waals surface area (Å²) in [6, 6.07) is 4.06. The van der Waals surface area contributed by atoms with E-state index in [1.165, 1.54) is 35.3 Å². The van der Waals surface area contributed by atoms with Crippen LogP contribution < -0.4 is 15.4 Å². The zero-order valence-corrected chi connectivity index (χ0v) is 18.4. The van der Waals surface area contributed by atoms with E-state index >= 15 is 0 Å². The molecule has 0 atom stereocenters.